The number of carbonyl (C=O) groups excluding carboxylic acids is 2. The van der Waals surface area contributed by atoms with Crippen molar-refractivity contribution in [2.75, 3.05) is 0 Å². The Kier molecular flexibility index (Phi) is 6.30. The molecule has 1 rings (SSSR count). The second-order valence-electron chi connectivity index (χ2n) is 5.15. The molecule has 0 unspecified atom stereocenters. The molecule has 0 saturated carbocycles. The molecule has 1 amide bonds. The van der Waals surface area contributed by atoms with Crippen LogP contribution in [0, 0.1) is 5.92 Å². The monoisotopic (exact) mass is 294 g/mol. The van der Waals surface area contributed by atoms with E-state index in [2.05, 4.69) is 17.2 Å². The van der Waals surface area contributed by atoms with E-state index >= 15 is 0 Å². The third kappa shape index (κ3) is 4.53. The molecule has 0 aromatic carbocycles. The van der Waals surface area contributed by atoms with E-state index in [9.17, 15) is 14.4 Å². The first-order valence-electron chi connectivity index (χ1n) is 6.93. The number of nitrogens with one attached hydrogen (secondary N) is 2. The zero-order valence-corrected chi connectivity index (χ0v) is 12.3. The molecular formula is C15H22N2O4. The third-order valence-electron chi connectivity index (χ3n) is 3.51. The second kappa shape index (κ2) is 7.73. The Labute approximate surface area is 124 Å². The molecular weight excluding hydrogens is 272 g/mol. The molecule has 0 spiro atoms. The Morgan fingerprint density at radius 3 is 2.62 bits per heavy atom. The summed E-state index contributed by atoms with van der Waals surface area (Å²) >= 11 is 0. The molecule has 0 aromatic heterocycles. The minimum Gasteiger partial charge on any atom is -0.480 e. The predicted octanol–water partition coefficient (Wildman–Crippen LogP) is 0.644. The van der Waals surface area contributed by atoms with Crippen LogP contribution in [-0.2, 0) is 14.4 Å². The molecule has 1 heterocycles. The molecule has 6 nitrogen and oxygen atoms in total. The number of hydrogen-bond acceptors (Lipinski definition) is 4. The van der Waals surface area contributed by atoms with Gasteiger partial charge in [-0.25, -0.2) is 0 Å². The van der Waals surface area contributed by atoms with E-state index in [1.165, 1.54) is 13.0 Å². The van der Waals surface area contributed by atoms with Crippen LogP contribution in [0.4, 0.5) is 0 Å². The summed E-state index contributed by atoms with van der Waals surface area (Å²) in [6.45, 7) is 6.70. The van der Waals surface area contributed by atoms with Gasteiger partial charge < -0.3 is 10.4 Å². The minimum absolute atomic E-state index is 0.123. The zero-order valence-electron chi connectivity index (χ0n) is 12.3. The summed E-state index contributed by atoms with van der Waals surface area (Å²) < 4.78 is 0. The number of ketones is 1. The van der Waals surface area contributed by atoms with Crippen LogP contribution in [0.1, 0.15) is 26.7 Å². The summed E-state index contributed by atoms with van der Waals surface area (Å²) in [5.41, 5.74) is 0. The van der Waals surface area contributed by atoms with Gasteiger partial charge in [-0.1, -0.05) is 18.2 Å². The van der Waals surface area contributed by atoms with E-state index in [0.29, 0.717) is 6.42 Å². The van der Waals surface area contributed by atoms with E-state index in [4.69, 9.17) is 5.11 Å². The van der Waals surface area contributed by atoms with Gasteiger partial charge in [0.25, 0.3) is 0 Å². The van der Waals surface area contributed by atoms with Gasteiger partial charge in [0.1, 0.15) is 12.1 Å². The maximum absolute atomic E-state index is 12.2. The first kappa shape index (κ1) is 17.1. The van der Waals surface area contributed by atoms with E-state index in [0.717, 1.165) is 0 Å². The molecule has 1 aliphatic heterocycles. The molecule has 1 fully saturated rings. The van der Waals surface area contributed by atoms with Gasteiger partial charge in [0, 0.05) is 19.4 Å². The Hall–Kier alpha value is -1.95. The largest absolute Gasteiger partial charge is 0.480 e. The zero-order chi connectivity index (χ0) is 16.0. The number of carboxylic acid groups (broad SMARTS) is 1. The number of allylic oxidation sites excluding steroid dienone is 2. The summed E-state index contributed by atoms with van der Waals surface area (Å²) in [6, 6.07) is -1.91. The van der Waals surface area contributed by atoms with Crippen LogP contribution in [0.2, 0.25) is 0 Å². The SMILES string of the molecule is C=CCC(=O)[C@H](NC(C)=O)[C@@H]1N[C@@H](C(=O)O)C[C@H]1/C=C\C. The summed E-state index contributed by atoms with van der Waals surface area (Å²) in [4.78, 5) is 34.7. The highest BCUT2D eigenvalue weighted by Crippen LogP contribution is 2.25. The fraction of sp³-hybridized carbons (Fsp3) is 0.533. The molecule has 6 heteroatoms. The lowest BCUT2D eigenvalue weighted by molar-refractivity contribution is -0.139. The van der Waals surface area contributed by atoms with E-state index in [1.54, 1.807) is 0 Å². The highest BCUT2D eigenvalue weighted by atomic mass is 16.4. The maximum atomic E-state index is 12.2. The third-order valence-corrected chi connectivity index (χ3v) is 3.51. The van der Waals surface area contributed by atoms with Crippen molar-refractivity contribution in [3.05, 3.63) is 24.8 Å². The van der Waals surface area contributed by atoms with E-state index in [1.807, 2.05) is 19.1 Å². The first-order chi connectivity index (χ1) is 9.90. The lowest BCUT2D eigenvalue weighted by atomic mass is 9.90. The molecule has 1 aliphatic rings. The summed E-state index contributed by atoms with van der Waals surface area (Å²) in [5, 5.41) is 14.7. The summed E-state index contributed by atoms with van der Waals surface area (Å²) in [7, 11) is 0. The van der Waals surface area contributed by atoms with Crippen LogP contribution in [0.25, 0.3) is 0 Å². The van der Waals surface area contributed by atoms with Gasteiger partial charge in [0.05, 0.1) is 0 Å². The number of Topliss-reactive ketones (excluding diaryl/α,β-unsaturated/α-hetero) is 1. The van der Waals surface area contributed by atoms with Gasteiger partial charge >= 0.3 is 5.97 Å². The number of amides is 1. The Bertz CT molecular complexity index is 459. The number of rotatable bonds is 7. The topological polar surface area (TPSA) is 95.5 Å². The molecule has 21 heavy (non-hydrogen) atoms. The van der Waals surface area contributed by atoms with Crippen LogP contribution in [-0.4, -0.2) is 40.9 Å². The van der Waals surface area contributed by atoms with Crippen molar-refractivity contribution in [3.63, 3.8) is 0 Å². The lowest BCUT2D eigenvalue weighted by Gasteiger charge is -2.26. The van der Waals surface area contributed by atoms with Crippen LogP contribution in [0.5, 0.6) is 0 Å². The summed E-state index contributed by atoms with van der Waals surface area (Å²) in [5.74, 6) is -1.58. The normalized spacial score (nSPS) is 26.5. The van der Waals surface area contributed by atoms with Gasteiger partial charge in [-0.05, 0) is 19.3 Å². The van der Waals surface area contributed by atoms with Crippen LogP contribution in [0.3, 0.4) is 0 Å². The summed E-state index contributed by atoms with van der Waals surface area (Å²) in [6.07, 6.45) is 5.69. The van der Waals surface area contributed by atoms with Crippen molar-refractivity contribution in [2.45, 2.75) is 44.8 Å². The number of carbonyl (C=O) groups is 3. The van der Waals surface area contributed by atoms with E-state index in [-0.39, 0.29) is 24.0 Å². The second-order valence-corrected chi connectivity index (χ2v) is 5.15. The highest BCUT2D eigenvalue weighted by Gasteiger charge is 2.42. The minimum atomic E-state index is -0.954. The van der Waals surface area contributed by atoms with Crippen LogP contribution >= 0.6 is 0 Å². The smallest absolute Gasteiger partial charge is 0.320 e. The fourth-order valence-electron chi connectivity index (χ4n) is 2.66. The fourth-order valence-corrected chi connectivity index (χ4v) is 2.66. The molecule has 0 aromatic rings. The predicted molar refractivity (Wildman–Crippen MR) is 78.7 cm³/mol. The van der Waals surface area contributed by atoms with Crippen molar-refractivity contribution in [2.24, 2.45) is 5.92 Å². The molecule has 0 radical (unpaired) electrons. The molecule has 0 bridgehead atoms. The molecule has 1 saturated heterocycles. The van der Waals surface area contributed by atoms with Crippen molar-refractivity contribution < 1.29 is 19.5 Å². The molecule has 0 aliphatic carbocycles. The first-order valence-corrected chi connectivity index (χ1v) is 6.93. The van der Waals surface area contributed by atoms with Crippen LogP contribution < -0.4 is 10.6 Å². The van der Waals surface area contributed by atoms with Crippen LogP contribution in [0.15, 0.2) is 24.8 Å². The standard InChI is InChI=1S/C15H22N2O4/c1-4-6-10-8-11(15(20)21)17-13(10)14(16-9(3)18)12(19)7-5-2/h4-6,10-11,13-14,17H,2,7-8H2,1,3H3,(H,16,18)(H,20,21)/b6-4-/t10-,11-,13-,14+/m1/s1. The van der Waals surface area contributed by atoms with Crippen molar-refractivity contribution in [1.29, 1.82) is 0 Å². The van der Waals surface area contributed by atoms with Gasteiger partial charge in [0.15, 0.2) is 5.78 Å². The van der Waals surface area contributed by atoms with E-state index < -0.39 is 24.1 Å². The average Bonchev–Trinajstić information content (AvgIpc) is 2.80. The van der Waals surface area contributed by atoms with Gasteiger partial charge in [-0.15, -0.1) is 6.58 Å². The Morgan fingerprint density at radius 2 is 2.14 bits per heavy atom. The molecule has 4 atom stereocenters. The molecule has 3 N–H and O–H groups in total. The van der Waals surface area contributed by atoms with Gasteiger partial charge in [0.2, 0.25) is 5.91 Å². The van der Waals surface area contributed by atoms with Gasteiger partial charge in [-0.2, -0.15) is 0 Å². The maximum Gasteiger partial charge on any atom is 0.320 e. The quantitative estimate of drug-likeness (QED) is 0.599. The number of carboxylic acids is 1. The molecule has 116 valence electrons. The van der Waals surface area contributed by atoms with Gasteiger partial charge in [-0.3, -0.25) is 19.7 Å². The van der Waals surface area contributed by atoms with Crippen molar-refractivity contribution in [3.8, 4) is 0 Å². The average molecular weight is 294 g/mol. The number of hydrogen-bond donors (Lipinski definition) is 3. The highest BCUT2D eigenvalue weighted by molar-refractivity contribution is 5.90. The Morgan fingerprint density at radius 1 is 1.48 bits per heavy atom. The Balaban J connectivity index is 3.01. The van der Waals surface area contributed by atoms with Crippen molar-refractivity contribution in [1.82, 2.24) is 10.6 Å². The number of aliphatic carboxylic acids is 1. The van der Waals surface area contributed by atoms with Crippen molar-refractivity contribution >= 4 is 17.7 Å². The lowest BCUT2D eigenvalue weighted by Crippen LogP contribution is -2.55.